The molecule has 0 saturated heterocycles. The fourth-order valence-corrected chi connectivity index (χ4v) is 2.58. The van der Waals surface area contributed by atoms with Gasteiger partial charge in [0, 0.05) is 0 Å². The summed E-state index contributed by atoms with van der Waals surface area (Å²) in [5, 5.41) is 0. The summed E-state index contributed by atoms with van der Waals surface area (Å²) in [6.07, 6.45) is -2.65. The Morgan fingerprint density at radius 3 is 1.94 bits per heavy atom. The minimum Gasteiger partial charge on any atom is -0.462 e. The van der Waals surface area contributed by atoms with Gasteiger partial charge in [0.15, 0.2) is 11.5 Å². The average molecular weight is 498 g/mol. The molecule has 1 rings (SSSR count). The van der Waals surface area contributed by atoms with E-state index in [-0.39, 0.29) is 55.5 Å². The minimum atomic E-state index is -1.06. The van der Waals surface area contributed by atoms with Gasteiger partial charge in [0.1, 0.15) is 18.8 Å². The van der Waals surface area contributed by atoms with Gasteiger partial charge in [-0.05, 0) is 50.8 Å². The summed E-state index contributed by atoms with van der Waals surface area (Å²) in [7, 11) is 0. The highest BCUT2D eigenvalue weighted by Crippen LogP contribution is 2.30. The third-order valence-corrected chi connectivity index (χ3v) is 4.83. The quantitative estimate of drug-likeness (QED) is 0.257. The van der Waals surface area contributed by atoms with Crippen molar-refractivity contribution in [1.29, 1.82) is 0 Å². The Labute approximate surface area is 205 Å². The molecular weight excluding hydrogens is 462 g/mol. The van der Waals surface area contributed by atoms with Crippen LogP contribution in [0.4, 0.5) is 9.59 Å². The van der Waals surface area contributed by atoms with Crippen LogP contribution in [0.15, 0.2) is 18.2 Å². The monoisotopic (exact) mass is 497 g/mol. The van der Waals surface area contributed by atoms with Crippen molar-refractivity contribution in [2.75, 3.05) is 19.8 Å². The number of benzene rings is 1. The molecule has 196 valence electrons. The number of carbonyl (C=O) groups is 4. The number of hydrogen-bond acceptors (Lipinski definition) is 11. The molecule has 35 heavy (non-hydrogen) atoms. The molecule has 0 spiro atoms. The number of hydrogen-bond donors (Lipinski definition) is 1. The first kappa shape index (κ1) is 29.7. The van der Waals surface area contributed by atoms with Crippen molar-refractivity contribution in [2.24, 2.45) is 17.6 Å². The van der Waals surface area contributed by atoms with Crippen molar-refractivity contribution in [1.82, 2.24) is 0 Å². The molecule has 11 nitrogen and oxygen atoms in total. The van der Waals surface area contributed by atoms with Crippen molar-refractivity contribution in [3.63, 3.8) is 0 Å². The zero-order chi connectivity index (χ0) is 26.5. The molecule has 0 bridgehead atoms. The van der Waals surface area contributed by atoms with Crippen LogP contribution >= 0.6 is 0 Å². The standard InChI is InChI=1S/C24H35NO10/c1-7-30-23(28)34-19-10-9-17(12-20(19)35-24(29)31-8-2)11-18(25)22(27)33-15(5)13-32-21(26)16(6)14(3)4/h9-10,12,14-16,18H,7-8,11,13,25H2,1-6H3/t15-,16?,18-/m0/s1. The minimum absolute atomic E-state index is 0.0224. The molecule has 0 fully saturated rings. The Kier molecular flexibility index (Phi) is 12.6. The Morgan fingerprint density at radius 2 is 1.40 bits per heavy atom. The highest BCUT2D eigenvalue weighted by molar-refractivity contribution is 5.76. The molecule has 1 unspecified atom stereocenters. The second-order valence-corrected chi connectivity index (χ2v) is 8.07. The number of carbonyl (C=O) groups excluding carboxylic acids is 4. The number of esters is 2. The second kappa shape index (κ2) is 14.8. The molecule has 0 aliphatic heterocycles. The number of nitrogens with two attached hydrogens (primary N) is 1. The summed E-state index contributed by atoms with van der Waals surface area (Å²) in [5.41, 5.74) is 6.47. The molecule has 0 aliphatic rings. The normalized spacial score (nSPS) is 13.3. The maximum Gasteiger partial charge on any atom is 0.513 e. The van der Waals surface area contributed by atoms with Gasteiger partial charge in [-0.2, -0.15) is 0 Å². The Morgan fingerprint density at radius 1 is 0.829 bits per heavy atom. The largest absolute Gasteiger partial charge is 0.513 e. The molecule has 1 aromatic rings. The van der Waals surface area contributed by atoms with E-state index >= 15 is 0 Å². The molecule has 0 radical (unpaired) electrons. The lowest BCUT2D eigenvalue weighted by Crippen LogP contribution is -2.37. The Bertz CT molecular complexity index is 870. The Hall–Kier alpha value is -3.34. The van der Waals surface area contributed by atoms with Crippen molar-refractivity contribution >= 4 is 24.2 Å². The van der Waals surface area contributed by atoms with Gasteiger partial charge in [-0.15, -0.1) is 0 Å². The molecule has 3 atom stereocenters. The molecule has 0 heterocycles. The topological polar surface area (TPSA) is 150 Å². The van der Waals surface area contributed by atoms with Gasteiger partial charge in [0.2, 0.25) is 0 Å². The molecule has 0 aromatic heterocycles. The van der Waals surface area contributed by atoms with Crippen LogP contribution in [0.25, 0.3) is 0 Å². The predicted molar refractivity (Wildman–Crippen MR) is 124 cm³/mol. The third kappa shape index (κ3) is 10.6. The smallest absolute Gasteiger partial charge is 0.462 e. The van der Waals surface area contributed by atoms with Gasteiger partial charge < -0.3 is 34.2 Å². The highest BCUT2D eigenvalue weighted by Gasteiger charge is 2.23. The summed E-state index contributed by atoms with van der Waals surface area (Å²) in [4.78, 5) is 47.8. The van der Waals surface area contributed by atoms with E-state index in [4.69, 9.17) is 34.2 Å². The molecule has 1 aromatic carbocycles. The molecule has 11 heteroatoms. The summed E-state index contributed by atoms with van der Waals surface area (Å²) in [5.74, 6) is -1.42. The van der Waals surface area contributed by atoms with Gasteiger partial charge >= 0.3 is 24.2 Å². The second-order valence-electron chi connectivity index (χ2n) is 8.07. The third-order valence-electron chi connectivity index (χ3n) is 4.83. The van der Waals surface area contributed by atoms with E-state index in [0.29, 0.717) is 5.56 Å². The number of rotatable bonds is 12. The molecule has 2 N–H and O–H groups in total. The zero-order valence-electron chi connectivity index (χ0n) is 21.0. The van der Waals surface area contributed by atoms with Gasteiger partial charge in [0.25, 0.3) is 0 Å². The Balaban J connectivity index is 2.80. The maximum absolute atomic E-state index is 12.4. The predicted octanol–water partition coefficient (Wildman–Crippen LogP) is 3.39. The van der Waals surface area contributed by atoms with Crippen LogP contribution in [0.2, 0.25) is 0 Å². The summed E-state index contributed by atoms with van der Waals surface area (Å²) in [6, 6.07) is 3.24. The van der Waals surface area contributed by atoms with Crippen molar-refractivity contribution in [2.45, 2.75) is 60.1 Å². The number of ether oxygens (including phenoxy) is 6. The van der Waals surface area contributed by atoms with Crippen LogP contribution in [-0.2, 0) is 35.0 Å². The van der Waals surface area contributed by atoms with Crippen LogP contribution in [-0.4, -0.2) is 56.2 Å². The van der Waals surface area contributed by atoms with E-state index in [0.717, 1.165) is 0 Å². The highest BCUT2D eigenvalue weighted by atomic mass is 16.7. The molecular formula is C24H35NO10. The molecule has 0 amide bonds. The first-order valence-corrected chi connectivity index (χ1v) is 11.4. The zero-order valence-corrected chi connectivity index (χ0v) is 21.0. The maximum atomic E-state index is 12.4. The van der Waals surface area contributed by atoms with E-state index in [9.17, 15) is 19.2 Å². The lowest BCUT2D eigenvalue weighted by Gasteiger charge is -2.19. The van der Waals surface area contributed by atoms with Crippen LogP contribution in [0.1, 0.15) is 47.1 Å². The first-order valence-electron chi connectivity index (χ1n) is 11.4. The van der Waals surface area contributed by atoms with Crippen molar-refractivity contribution < 1.29 is 47.6 Å². The van der Waals surface area contributed by atoms with E-state index in [1.54, 1.807) is 27.7 Å². The average Bonchev–Trinajstić information content (AvgIpc) is 2.78. The van der Waals surface area contributed by atoms with Crippen LogP contribution < -0.4 is 15.2 Å². The van der Waals surface area contributed by atoms with E-state index in [1.165, 1.54) is 18.2 Å². The van der Waals surface area contributed by atoms with Crippen LogP contribution in [0, 0.1) is 11.8 Å². The van der Waals surface area contributed by atoms with Crippen LogP contribution in [0.5, 0.6) is 11.5 Å². The van der Waals surface area contributed by atoms with E-state index in [2.05, 4.69) is 0 Å². The van der Waals surface area contributed by atoms with Crippen LogP contribution in [0.3, 0.4) is 0 Å². The first-order chi connectivity index (χ1) is 16.5. The fraction of sp³-hybridized carbons (Fsp3) is 0.583. The molecule has 0 aliphatic carbocycles. The van der Waals surface area contributed by atoms with E-state index < -0.39 is 30.4 Å². The van der Waals surface area contributed by atoms with Gasteiger partial charge in [-0.1, -0.05) is 26.8 Å². The lowest BCUT2D eigenvalue weighted by molar-refractivity contribution is -0.161. The summed E-state index contributed by atoms with van der Waals surface area (Å²) in [6.45, 7) is 10.5. The van der Waals surface area contributed by atoms with Crippen molar-refractivity contribution in [3.05, 3.63) is 23.8 Å². The fourth-order valence-electron chi connectivity index (χ4n) is 2.58. The van der Waals surface area contributed by atoms with Gasteiger partial charge in [0.05, 0.1) is 19.1 Å². The van der Waals surface area contributed by atoms with Gasteiger partial charge in [-0.25, -0.2) is 9.59 Å². The SMILES string of the molecule is CCOC(=O)Oc1ccc(C[C@H](N)C(=O)O[C@@H](C)COC(=O)C(C)C(C)C)cc1OC(=O)OCC. The molecule has 0 saturated carbocycles. The summed E-state index contributed by atoms with van der Waals surface area (Å²) >= 11 is 0. The van der Waals surface area contributed by atoms with E-state index in [1.807, 2.05) is 13.8 Å². The van der Waals surface area contributed by atoms with Crippen molar-refractivity contribution in [3.8, 4) is 11.5 Å². The lowest BCUT2D eigenvalue weighted by atomic mass is 9.99. The van der Waals surface area contributed by atoms with Gasteiger partial charge in [-0.3, -0.25) is 9.59 Å². The summed E-state index contributed by atoms with van der Waals surface area (Å²) < 4.78 is 30.1.